The first kappa shape index (κ1) is 15.3. The Kier molecular flexibility index (Phi) is 4.48. The monoisotopic (exact) mass is 286 g/mol. The van der Waals surface area contributed by atoms with E-state index in [0.29, 0.717) is 5.92 Å². The zero-order chi connectivity index (χ0) is 15.6. The molecule has 4 nitrogen and oxygen atoms in total. The smallest absolute Gasteiger partial charge is 0.271 e. The number of hydrazine groups is 1. The number of hydrogen-bond donors (Lipinski definition) is 2. The number of nitrogens with zero attached hydrogens (tertiary/aromatic N) is 1. The van der Waals surface area contributed by atoms with Gasteiger partial charge in [-0.05, 0) is 42.2 Å². The van der Waals surface area contributed by atoms with Crippen molar-refractivity contribution in [3.63, 3.8) is 0 Å². The molecule has 2 aromatic carbocycles. The lowest BCUT2D eigenvalue weighted by Crippen LogP contribution is -2.44. The van der Waals surface area contributed by atoms with Crippen LogP contribution in [0.2, 0.25) is 0 Å². The third-order valence-corrected chi connectivity index (χ3v) is 3.62. The van der Waals surface area contributed by atoms with Crippen LogP contribution in [0.1, 0.15) is 37.6 Å². The SMILES string of the molecule is CC(C)CC(C)N(N)C(=O)c1cc2ccccc2cc1O. The van der Waals surface area contributed by atoms with Crippen molar-refractivity contribution in [2.75, 3.05) is 0 Å². The summed E-state index contributed by atoms with van der Waals surface area (Å²) in [4.78, 5) is 12.5. The number of benzene rings is 2. The highest BCUT2D eigenvalue weighted by molar-refractivity contribution is 6.01. The molecular weight excluding hydrogens is 264 g/mol. The van der Waals surface area contributed by atoms with Crippen molar-refractivity contribution >= 4 is 16.7 Å². The van der Waals surface area contributed by atoms with Crippen molar-refractivity contribution in [3.8, 4) is 5.75 Å². The molecule has 0 aliphatic rings. The molecule has 2 rings (SSSR count). The summed E-state index contributed by atoms with van der Waals surface area (Å²) < 4.78 is 0. The molecule has 0 bridgehead atoms. The third kappa shape index (κ3) is 3.34. The van der Waals surface area contributed by atoms with Gasteiger partial charge in [-0.3, -0.25) is 9.80 Å². The lowest BCUT2D eigenvalue weighted by Gasteiger charge is -2.26. The molecule has 0 spiro atoms. The number of amides is 1. The normalized spacial score (nSPS) is 12.6. The minimum absolute atomic E-state index is 0.0362. The molecule has 4 heteroatoms. The molecule has 1 atom stereocenters. The van der Waals surface area contributed by atoms with Crippen LogP contribution in [0.3, 0.4) is 0 Å². The quantitative estimate of drug-likeness (QED) is 0.515. The summed E-state index contributed by atoms with van der Waals surface area (Å²) in [7, 11) is 0. The van der Waals surface area contributed by atoms with E-state index in [4.69, 9.17) is 5.84 Å². The maximum absolute atomic E-state index is 12.5. The molecule has 112 valence electrons. The minimum atomic E-state index is -0.355. The summed E-state index contributed by atoms with van der Waals surface area (Å²) in [5.41, 5.74) is 0.242. The second-order valence-corrected chi connectivity index (χ2v) is 5.91. The topological polar surface area (TPSA) is 66.6 Å². The van der Waals surface area contributed by atoms with Crippen LogP contribution in [-0.4, -0.2) is 22.1 Å². The van der Waals surface area contributed by atoms with Gasteiger partial charge in [0, 0.05) is 6.04 Å². The lowest BCUT2D eigenvalue weighted by molar-refractivity contribution is 0.0670. The molecule has 0 heterocycles. The van der Waals surface area contributed by atoms with Crippen LogP contribution < -0.4 is 5.84 Å². The molecule has 0 fully saturated rings. The standard InChI is InChI=1S/C17H22N2O2/c1-11(2)8-12(3)19(18)17(21)15-9-13-6-4-5-7-14(13)10-16(15)20/h4-7,9-12,20H,8,18H2,1-3H3. The zero-order valence-electron chi connectivity index (χ0n) is 12.7. The predicted molar refractivity (Wildman–Crippen MR) is 84.9 cm³/mol. The van der Waals surface area contributed by atoms with Gasteiger partial charge >= 0.3 is 0 Å². The molecule has 1 amide bonds. The Morgan fingerprint density at radius 2 is 1.76 bits per heavy atom. The fraction of sp³-hybridized carbons (Fsp3) is 0.353. The molecule has 0 radical (unpaired) electrons. The molecular formula is C17H22N2O2. The van der Waals surface area contributed by atoms with E-state index in [1.54, 1.807) is 12.1 Å². The summed E-state index contributed by atoms with van der Waals surface area (Å²) in [6.45, 7) is 6.08. The van der Waals surface area contributed by atoms with Crippen LogP contribution >= 0.6 is 0 Å². The van der Waals surface area contributed by atoms with E-state index in [0.717, 1.165) is 17.2 Å². The van der Waals surface area contributed by atoms with Crippen molar-refractivity contribution < 1.29 is 9.90 Å². The van der Waals surface area contributed by atoms with Crippen molar-refractivity contribution in [2.24, 2.45) is 11.8 Å². The summed E-state index contributed by atoms with van der Waals surface area (Å²) in [5.74, 6) is 5.98. The highest BCUT2D eigenvalue weighted by Gasteiger charge is 2.22. The first-order valence-electron chi connectivity index (χ1n) is 7.20. The van der Waals surface area contributed by atoms with Gasteiger partial charge in [0.25, 0.3) is 5.91 Å². The van der Waals surface area contributed by atoms with Gasteiger partial charge in [0.1, 0.15) is 5.75 Å². The molecule has 0 saturated heterocycles. The highest BCUT2D eigenvalue weighted by Crippen LogP contribution is 2.26. The van der Waals surface area contributed by atoms with Gasteiger partial charge in [-0.15, -0.1) is 0 Å². The number of fused-ring (bicyclic) bond motifs is 1. The maximum Gasteiger partial charge on any atom is 0.271 e. The number of carbonyl (C=O) groups is 1. The fourth-order valence-corrected chi connectivity index (χ4v) is 2.53. The molecule has 0 aliphatic carbocycles. The van der Waals surface area contributed by atoms with Crippen LogP contribution in [0.15, 0.2) is 36.4 Å². The van der Waals surface area contributed by atoms with Gasteiger partial charge in [-0.2, -0.15) is 0 Å². The summed E-state index contributed by atoms with van der Waals surface area (Å²) in [6, 6.07) is 10.8. The highest BCUT2D eigenvalue weighted by atomic mass is 16.3. The van der Waals surface area contributed by atoms with Crippen LogP contribution in [-0.2, 0) is 0 Å². The van der Waals surface area contributed by atoms with Gasteiger partial charge in [-0.25, -0.2) is 5.84 Å². The van der Waals surface area contributed by atoms with Gasteiger partial charge in [0.05, 0.1) is 5.56 Å². The Labute approximate surface area is 125 Å². The van der Waals surface area contributed by atoms with Crippen LogP contribution in [0, 0.1) is 5.92 Å². The van der Waals surface area contributed by atoms with Gasteiger partial charge in [-0.1, -0.05) is 38.1 Å². The van der Waals surface area contributed by atoms with Crippen molar-refractivity contribution in [1.82, 2.24) is 5.01 Å². The maximum atomic E-state index is 12.5. The van der Waals surface area contributed by atoms with E-state index in [1.165, 1.54) is 5.01 Å². The van der Waals surface area contributed by atoms with Gasteiger partial charge in [0.15, 0.2) is 0 Å². The number of phenols is 1. The van der Waals surface area contributed by atoms with Crippen molar-refractivity contribution in [1.29, 1.82) is 0 Å². The lowest BCUT2D eigenvalue weighted by atomic mass is 10.0. The second-order valence-electron chi connectivity index (χ2n) is 5.91. The summed E-state index contributed by atoms with van der Waals surface area (Å²) in [6.07, 6.45) is 0.816. The van der Waals surface area contributed by atoms with E-state index < -0.39 is 0 Å². The first-order valence-corrected chi connectivity index (χ1v) is 7.20. The van der Waals surface area contributed by atoms with E-state index in [2.05, 4.69) is 13.8 Å². The Morgan fingerprint density at radius 3 is 2.33 bits per heavy atom. The molecule has 0 saturated carbocycles. The number of aromatic hydroxyl groups is 1. The van der Waals surface area contributed by atoms with Crippen LogP contribution in [0.5, 0.6) is 5.75 Å². The molecule has 1 unspecified atom stereocenters. The molecule has 21 heavy (non-hydrogen) atoms. The van der Waals surface area contributed by atoms with Crippen molar-refractivity contribution in [2.45, 2.75) is 33.2 Å². The first-order chi connectivity index (χ1) is 9.90. The van der Waals surface area contributed by atoms with Gasteiger partial charge < -0.3 is 5.11 Å². The fourth-order valence-electron chi connectivity index (χ4n) is 2.53. The number of rotatable bonds is 4. The second kappa shape index (κ2) is 6.14. The van der Waals surface area contributed by atoms with E-state index in [-0.39, 0.29) is 23.3 Å². The predicted octanol–water partition coefficient (Wildman–Crippen LogP) is 3.30. The average Bonchev–Trinajstić information content (AvgIpc) is 2.44. The van der Waals surface area contributed by atoms with Crippen molar-refractivity contribution in [3.05, 3.63) is 42.0 Å². The molecule has 2 aromatic rings. The largest absolute Gasteiger partial charge is 0.507 e. The Hall–Kier alpha value is -2.07. The molecule has 0 aromatic heterocycles. The number of nitrogens with two attached hydrogens (primary N) is 1. The Balaban J connectivity index is 2.32. The van der Waals surface area contributed by atoms with E-state index in [1.807, 2.05) is 31.2 Å². The average molecular weight is 286 g/mol. The summed E-state index contributed by atoms with van der Waals surface area (Å²) >= 11 is 0. The number of phenolic OH excluding ortho intramolecular Hbond substituents is 1. The molecule has 0 aliphatic heterocycles. The van der Waals surface area contributed by atoms with Crippen LogP contribution in [0.25, 0.3) is 10.8 Å². The Morgan fingerprint density at radius 1 is 1.19 bits per heavy atom. The number of carbonyl (C=O) groups excluding carboxylic acids is 1. The molecule has 3 N–H and O–H groups in total. The summed E-state index contributed by atoms with van der Waals surface area (Å²) in [5, 5.41) is 13.1. The van der Waals surface area contributed by atoms with Crippen LogP contribution in [0.4, 0.5) is 0 Å². The Bertz CT molecular complexity index is 652. The third-order valence-electron chi connectivity index (χ3n) is 3.62. The van der Waals surface area contributed by atoms with E-state index in [9.17, 15) is 9.90 Å². The minimum Gasteiger partial charge on any atom is -0.507 e. The van der Waals surface area contributed by atoms with Gasteiger partial charge in [0.2, 0.25) is 0 Å². The zero-order valence-corrected chi connectivity index (χ0v) is 12.7. The van der Waals surface area contributed by atoms with E-state index >= 15 is 0 Å². The number of hydrogen-bond acceptors (Lipinski definition) is 3.